The van der Waals surface area contributed by atoms with Crippen molar-refractivity contribution in [3.8, 4) is 5.75 Å². The molecule has 2 aromatic rings. The Bertz CT molecular complexity index is 864. The maximum Gasteiger partial charge on any atom is 0.188 e. The van der Waals surface area contributed by atoms with E-state index in [-0.39, 0.29) is 17.4 Å². The van der Waals surface area contributed by atoms with Crippen LogP contribution in [0.3, 0.4) is 0 Å². The molecule has 2 aromatic carbocycles. The number of methoxy groups -OCH3 is 1. The van der Waals surface area contributed by atoms with Crippen LogP contribution < -0.4 is 10.0 Å². The highest BCUT2D eigenvalue weighted by Crippen LogP contribution is 2.52. The van der Waals surface area contributed by atoms with Crippen LogP contribution in [0.25, 0.3) is 0 Å². The first-order valence-electron chi connectivity index (χ1n) is 10.8. The predicted molar refractivity (Wildman–Crippen MR) is 133 cm³/mol. The summed E-state index contributed by atoms with van der Waals surface area (Å²) in [6, 6.07) is 13.2. The Hall–Kier alpha value is -1.70. The maximum atomic E-state index is 6.28. The molecule has 30 heavy (non-hydrogen) atoms. The zero-order valence-electron chi connectivity index (χ0n) is 19.9. The summed E-state index contributed by atoms with van der Waals surface area (Å²) >= 11 is 0. The Morgan fingerprint density at radius 1 is 1.03 bits per heavy atom. The molecule has 0 aliphatic carbocycles. The summed E-state index contributed by atoms with van der Waals surface area (Å²) in [4.78, 5) is 4.28. The quantitative estimate of drug-likeness (QED) is 0.265. The SMILES string of the molecule is CCC(CC)(Pc1ccccc1C=NC)c1cc(C)cc(C(C)(C)C)c1OCOC. The van der Waals surface area contributed by atoms with Gasteiger partial charge in [0.2, 0.25) is 0 Å². The first-order chi connectivity index (χ1) is 14.2. The molecule has 0 fully saturated rings. The van der Waals surface area contributed by atoms with Gasteiger partial charge in [-0.25, -0.2) is 0 Å². The van der Waals surface area contributed by atoms with Gasteiger partial charge in [0.1, 0.15) is 5.75 Å². The fourth-order valence-electron chi connectivity index (χ4n) is 3.95. The van der Waals surface area contributed by atoms with Gasteiger partial charge in [-0.05, 0) is 36.0 Å². The van der Waals surface area contributed by atoms with Gasteiger partial charge in [-0.15, -0.1) is 0 Å². The molecular formula is C26H38NO2P. The van der Waals surface area contributed by atoms with Crippen molar-refractivity contribution in [2.75, 3.05) is 21.0 Å². The lowest BCUT2D eigenvalue weighted by atomic mass is 9.80. The Morgan fingerprint density at radius 2 is 1.67 bits per heavy atom. The minimum atomic E-state index is -0.0209. The Balaban J connectivity index is 2.73. The average Bonchev–Trinajstić information content (AvgIpc) is 2.71. The Morgan fingerprint density at radius 3 is 2.23 bits per heavy atom. The number of ether oxygens (including phenoxy) is 2. The van der Waals surface area contributed by atoms with Crippen molar-refractivity contribution in [1.29, 1.82) is 0 Å². The van der Waals surface area contributed by atoms with E-state index in [1.54, 1.807) is 7.11 Å². The number of benzene rings is 2. The van der Waals surface area contributed by atoms with Crippen molar-refractivity contribution in [3.05, 3.63) is 58.7 Å². The van der Waals surface area contributed by atoms with Crippen LogP contribution in [0.2, 0.25) is 0 Å². The number of hydrogen-bond donors (Lipinski definition) is 0. The molecule has 2 rings (SSSR count). The molecule has 1 unspecified atom stereocenters. The summed E-state index contributed by atoms with van der Waals surface area (Å²) in [7, 11) is 4.13. The first kappa shape index (κ1) is 24.6. The van der Waals surface area contributed by atoms with Gasteiger partial charge in [0.25, 0.3) is 0 Å². The fraction of sp³-hybridized carbons (Fsp3) is 0.500. The van der Waals surface area contributed by atoms with E-state index in [1.165, 1.54) is 27.6 Å². The molecule has 4 heteroatoms. The van der Waals surface area contributed by atoms with Gasteiger partial charge >= 0.3 is 0 Å². The molecule has 164 valence electrons. The Kier molecular flexibility index (Phi) is 8.64. The summed E-state index contributed by atoms with van der Waals surface area (Å²) < 4.78 is 11.6. The van der Waals surface area contributed by atoms with Crippen LogP contribution in [0, 0.1) is 6.92 Å². The topological polar surface area (TPSA) is 30.8 Å². The summed E-state index contributed by atoms with van der Waals surface area (Å²) in [5.74, 6) is 0.993. The van der Waals surface area contributed by atoms with Crippen molar-refractivity contribution in [1.82, 2.24) is 0 Å². The van der Waals surface area contributed by atoms with Gasteiger partial charge in [-0.1, -0.05) is 85.2 Å². The third-order valence-electron chi connectivity index (χ3n) is 5.69. The third kappa shape index (κ3) is 5.50. The monoisotopic (exact) mass is 427 g/mol. The minimum Gasteiger partial charge on any atom is -0.467 e. The molecule has 0 spiro atoms. The second-order valence-electron chi connectivity index (χ2n) is 8.88. The number of rotatable bonds is 9. The van der Waals surface area contributed by atoms with Gasteiger partial charge < -0.3 is 9.47 Å². The van der Waals surface area contributed by atoms with Crippen molar-refractivity contribution in [2.45, 2.75) is 65.0 Å². The lowest BCUT2D eigenvalue weighted by Crippen LogP contribution is -2.26. The molecule has 0 radical (unpaired) electrons. The van der Waals surface area contributed by atoms with Gasteiger partial charge in [0.05, 0.1) is 0 Å². The van der Waals surface area contributed by atoms with Gasteiger partial charge in [0, 0.05) is 36.7 Å². The number of nitrogens with zero attached hydrogens (tertiary/aromatic N) is 1. The Labute approximate surface area is 185 Å². The van der Waals surface area contributed by atoms with Crippen LogP contribution in [0.15, 0.2) is 41.4 Å². The predicted octanol–water partition coefficient (Wildman–Crippen LogP) is 6.34. The van der Waals surface area contributed by atoms with Crippen LogP contribution in [0.1, 0.15) is 69.7 Å². The molecule has 1 atom stereocenters. The lowest BCUT2D eigenvalue weighted by molar-refractivity contribution is 0.0485. The lowest BCUT2D eigenvalue weighted by Gasteiger charge is -2.37. The van der Waals surface area contributed by atoms with Crippen LogP contribution in [-0.2, 0) is 15.3 Å². The largest absolute Gasteiger partial charge is 0.467 e. The van der Waals surface area contributed by atoms with Gasteiger partial charge in [-0.3, -0.25) is 4.99 Å². The molecule has 0 saturated carbocycles. The molecular weight excluding hydrogens is 389 g/mol. The summed E-state index contributed by atoms with van der Waals surface area (Å²) in [6.07, 6.45) is 4.05. The normalized spacial score (nSPS) is 12.9. The van der Waals surface area contributed by atoms with Crippen LogP contribution in [0.4, 0.5) is 0 Å². The van der Waals surface area contributed by atoms with Crippen molar-refractivity contribution >= 4 is 20.1 Å². The smallest absolute Gasteiger partial charge is 0.188 e. The highest BCUT2D eigenvalue weighted by molar-refractivity contribution is 7.48. The zero-order valence-corrected chi connectivity index (χ0v) is 20.9. The molecule has 0 heterocycles. The molecule has 3 nitrogen and oxygen atoms in total. The summed E-state index contributed by atoms with van der Waals surface area (Å²) in [6.45, 7) is 13.8. The van der Waals surface area contributed by atoms with Crippen LogP contribution in [-0.4, -0.2) is 27.2 Å². The number of aliphatic imine (C=N–C) groups is 1. The van der Waals surface area contributed by atoms with E-state index in [0.717, 1.165) is 18.6 Å². The first-order valence-corrected chi connectivity index (χ1v) is 11.8. The molecule has 0 N–H and O–H groups in total. The zero-order chi connectivity index (χ0) is 22.4. The highest BCUT2D eigenvalue weighted by Gasteiger charge is 2.35. The van der Waals surface area contributed by atoms with Crippen molar-refractivity contribution in [3.63, 3.8) is 0 Å². The van der Waals surface area contributed by atoms with E-state index in [0.29, 0.717) is 8.58 Å². The molecule has 0 saturated heterocycles. The van der Waals surface area contributed by atoms with Gasteiger partial charge in [0.15, 0.2) is 6.79 Å². The highest BCUT2D eigenvalue weighted by atomic mass is 31.1. The summed E-state index contributed by atoms with van der Waals surface area (Å²) in [5.41, 5.74) is 5.00. The molecule has 0 bridgehead atoms. The number of aryl methyl sites for hydroxylation is 1. The van der Waals surface area contributed by atoms with Crippen LogP contribution in [0.5, 0.6) is 5.75 Å². The standard InChI is InChI=1S/C26H38NO2P/c1-9-26(10-2,30-23-14-12-11-13-20(23)17-27-7)22-16-19(3)15-21(25(4,5)6)24(22)29-18-28-8/h11-17,30H,9-10,18H2,1-8H3. The van der Waals surface area contributed by atoms with Crippen LogP contribution >= 0.6 is 8.58 Å². The van der Waals surface area contributed by atoms with Crippen molar-refractivity contribution < 1.29 is 9.47 Å². The average molecular weight is 428 g/mol. The van der Waals surface area contributed by atoms with E-state index in [4.69, 9.17) is 9.47 Å². The van der Waals surface area contributed by atoms with E-state index in [1.807, 2.05) is 13.3 Å². The van der Waals surface area contributed by atoms with E-state index >= 15 is 0 Å². The molecule has 0 aromatic heterocycles. The van der Waals surface area contributed by atoms with E-state index in [9.17, 15) is 0 Å². The molecule has 0 aliphatic rings. The van der Waals surface area contributed by atoms with Gasteiger partial charge in [-0.2, -0.15) is 0 Å². The second-order valence-corrected chi connectivity index (χ2v) is 10.6. The molecule has 0 aliphatic heterocycles. The summed E-state index contributed by atoms with van der Waals surface area (Å²) in [5, 5.41) is 1.34. The minimum absolute atomic E-state index is 0.00716. The van der Waals surface area contributed by atoms with E-state index in [2.05, 4.69) is 82.9 Å². The fourth-order valence-corrected chi connectivity index (χ4v) is 5.62. The molecule has 0 amide bonds. The van der Waals surface area contributed by atoms with Crippen molar-refractivity contribution in [2.24, 2.45) is 4.99 Å². The van der Waals surface area contributed by atoms with E-state index < -0.39 is 0 Å². The maximum absolute atomic E-state index is 6.28. The second kappa shape index (κ2) is 10.6. The third-order valence-corrected chi connectivity index (χ3v) is 7.87. The number of hydrogen-bond acceptors (Lipinski definition) is 3.